The second-order valence-electron chi connectivity index (χ2n) is 10.8. The first-order valence-electron chi connectivity index (χ1n) is 15.2. The van der Waals surface area contributed by atoms with E-state index in [9.17, 15) is 14.4 Å². The number of hydrogen-bond acceptors (Lipinski definition) is 6. The molecule has 0 aliphatic heterocycles. The van der Waals surface area contributed by atoms with Gasteiger partial charge < -0.3 is 15.7 Å². The molecule has 1 atom stereocenters. The van der Waals surface area contributed by atoms with Crippen LogP contribution in [0.1, 0.15) is 102 Å². The number of pyridine rings is 2. The number of carboxylic acids is 1. The number of aliphatic carboxylic acids is 1. The number of Topliss-reactive ketones (excluding diaryl/α,β-unsaturated/α-hetero) is 1. The van der Waals surface area contributed by atoms with Gasteiger partial charge in [-0.15, -0.1) is 0 Å². The van der Waals surface area contributed by atoms with E-state index in [2.05, 4.69) is 37.6 Å². The Balaban J connectivity index is 1.45. The number of carbonyl (C=O) groups is 3. The number of carboxylic acid groups (broad SMARTS) is 1. The van der Waals surface area contributed by atoms with Gasteiger partial charge in [-0.3, -0.25) is 24.5 Å². The molecule has 2 rings (SSSR count). The second kappa shape index (κ2) is 21.4. The fraction of sp³-hybridized carbons (Fsp3) is 0.594. The van der Waals surface area contributed by atoms with Crippen molar-refractivity contribution in [2.24, 2.45) is 0 Å². The molecule has 2 heterocycles. The fourth-order valence-electron chi connectivity index (χ4n) is 4.66. The van der Waals surface area contributed by atoms with Crippen molar-refractivity contribution in [3.63, 3.8) is 0 Å². The first-order chi connectivity index (χ1) is 19.9. The number of unbranched alkanes of at least 4 members (excludes halogenated alkanes) is 7. The number of amides is 2. The van der Waals surface area contributed by atoms with E-state index in [4.69, 9.17) is 5.11 Å². The summed E-state index contributed by atoms with van der Waals surface area (Å²) < 4.78 is 0. The number of ketones is 1. The number of urea groups is 1. The van der Waals surface area contributed by atoms with E-state index >= 15 is 0 Å². The standard InChI is InChI=1S/C32H49N5O4/c1-27(19-20-31(39)40)36-32(41)35-23-11-5-4-8-18-30(38)17-7-3-2-6-14-24-37(25-28-15-9-12-21-33-28)26-29-16-10-13-22-34-29/h9-10,12-13,15-16,21-22,27H,2-8,11,14,17-20,23-26H2,1H3,(H,39,40)(H2,35,36,41). The maximum absolute atomic E-state index is 12.2. The predicted molar refractivity (Wildman–Crippen MR) is 161 cm³/mol. The maximum atomic E-state index is 12.2. The highest BCUT2D eigenvalue weighted by atomic mass is 16.4. The highest BCUT2D eigenvalue weighted by Crippen LogP contribution is 2.12. The van der Waals surface area contributed by atoms with Crippen LogP contribution < -0.4 is 10.6 Å². The molecule has 226 valence electrons. The van der Waals surface area contributed by atoms with Gasteiger partial charge in [0.15, 0.2) is 0 Å². The first kappa shape index (κ1) is 33.9. The van der Waals surface area contributed by atoms with Crippen LogP contribution in [-0.2, 0) is 22.7 Å². The molecule has 0 bridgehead atoms. The quantitative estimate of drug-likeness (QED) is 0.143. The summed E-state index contributed by atoms with van der Waals surface area (Å²) in [5.41, 5.74) is 2.14. The molecular weight excluding hydrogens is 518 g/mol. The Hall–Kier alpha value is -3.33. The average Bonchev–Trinajstić information content (AvgIpc) is 2.96. The Labute approximate surface area is 245 Å². The Bertz CT molecular complexity index is 949. The lowest BCUT2D eigenvalue weighted by Gasteiger charge is -2.21. The third kappa shape index (κ3) is 17.9. The van der Waals surface area contributed by atoms with Crippen LogP contribution in [-0.4, -0.2) is 56.9 Å². The summed E-state index contributed by atoms with van der Waals surface area (Å²) in [7, 11) is 0. The molecule has 0 aliphatic rings. The molecule has 0 aromatic carbocycles. The van der Waals surface area contributed by atoms with Crippen LogP contribution in [0.2, 0.25) is 0 Å². The summed E-state index contributed by atoms with van der Waals surface area (Å²) in [4.78, 5) is 46.0. The summed E-state index contributed by atoms with van der Waals surface area (Å²) in [6, 6.07) is 11.6. The van der Waals surface area contributed by atoms with Crippen LogP contribution in [0, 0.1) is 0 Å². The van der Waals surface area contributed by atoms with Crippen molar-refractivity contribution >= 4 is 17.8 Å². The van der Waals surface area contributed by atoms with Gasteiger partial charge in [-0.25, -0.2) is 4.79 Å². The number of nitrogens with zero attached hydrogens (tertiary/aromatic N) is 3. The molecule has 0 saturated heterocycles. The van der Waals surface area contributed by atoms with E-state index in [-0.39, 0.29) is 18.5 Å². The lowest BCUT2D eigenvalue weighted by molar-refractivity contribution is -0.137. The number of rotatable bonds is 23. The summed E-state index contributed by atoms with van der Waals surface area (Å²) in [6.45, 7) is 5.00. The molecule has 1 unspecified atom stereocenters. The Morgan fingerprint density at radius 1 is 0.780 bits per heavy atom. The summed E-state index contributed by atoms with van der Waals surface area (Å²) in [5.74, 6) is -0.504. The van der Waals surface area contributed by atoms with Gasteiger partial charge in [-0.05, 0) is 69.8 Å². The van der Waals surface area contributed by atoms with Crippen molar-refractivity contribution in [3.8, 4) is 0 Å². The lowest BCUT2D eigenvalue weighted by atomic mass is 10.0. The largest absolute Gasteiger partial charge is 0.481 e. The third-order valence-corrected chi connectivity index (χ3v) is 6.99. The van der Waals surface area contributed by atoms with Crippen molar-refractivity contribution < 1.29 is 19.5 Å². The van der Waals surface area contributed by atoms with E-state index in [0.717, 1.165) is 88.8 Å². The van der Waals surface area contributed by atoms with Crippen LogP contribution in [0.5, 0.6) is 0 Å². The Morgan fingerprint density at radius 3 is 1.90 bits per heavy atom. The van der Waals surface area contributed by atoms with Gasteiger partial charge in [-0.2, -0.15) is 0 Å². The fourth-order valence-corrected chi connectivity index (χ4v) is 4.66. The van der Waals surface area contributed by atoms with Gasteiger partial charge >= 0.3 is 12.0 Å². The van der Waals surface area contributed by atoms with E-state index in [0.29, 0.717) is 31.6 Å². The van der Waals surface area contributed by atoms with Crippen LogP contribution in [0.25, 0.3) is 0 Å². The SMILES string of the molecule is CC(CCC(=O)O)NC(=O)NCCCCCCC(=O)CCCCCCCN(Cc1ccccn1)Cc1ccccn1. The molecule has 3 N–H and O–H groups in total. The molecule has 0 radical (unpaired) electrons. The third-order valence-electron chi connectivity index (χ3n) is 6.99. The van der Waals surface area contributed by atoms with Crippen LogP contribution in [0.4, 0.5) is 4.79 Å². The van der Waals surface area contributed by atoms with Crippen molar-refractivity contribution in [3.05, 3.63) is 60.2 Å². The molecule has 9 heteroatoms. The highest BCUT2D eigenvalue weighted by Gasteiger charge is 2.10. The Morgan fingerprint density at radius 2 is 1.34 bits per heavy atom. The van der Waals surface area contributed by atoms with E-state index in [1.165, 1.54) is 0 Å². The lowest BCUT2D eigenvalue weighted by Crippen LogP contribution is -2.41. The smallest absolute Gasteiger partial charge is 0.314 e. The zero-order valence-corrected chi connectivity index (χ0v) is 24.7. The van der Waals surface area contributed by atoms with E-state index < -0.39 is 5.97 Å². The van der Waals surface area contributed by atoms with Crippen LogP contribution >= 0.6 is 0 Å². The molecular formula is C32H49N5O4. The number of carbonyl (C=O) groups excluding carboxylic acids is 2. The highest BCUT2D eigenvalue weighted by molar-refractivity contribution is 5.78. The molecule has 0 saturated carbocycles. The van der Waals surface area contributed by atoms with Gasteiger partial charge in [0.05, 0.1) is 11.4 Å². The van der Waals surface area contributed by atoms with E-state index in [1.54, 1.807) is 6.92 Å². The van der Waals surface area contributed by atoms with Gasteiger partial charge in [0.25, 0.3) is 0 Å². The molecule has 2 amide bonds. The van der Waals surface area contributed by atoms with Gasteiger partial charge in [0, 0.05) is 57.3 Å². The van der Waals surface area contributed by atoms with Crippen molar-refractivity contribution in [2.75, 3.05) is 13.1 Å². The van der Waals surface area contributed by atoms with Crippen LogP contribution in [0.3, 0.4) is 0 Å². The molecule has 0 aliphatic carbocycles. The van der Waals surface area contributed by atoms with Gasteiger partial charge in [0.2, 0.25) is 0 Å². The zero-order chi connectivity index (χ0) is 29.5. The topological polar surface area (TPSA) is 125 Å². The number of aromatic nitrogens is 2. The van der Waals surface area contributed by atoms with Crippen molar-refractivity contribution in [1.82, 2.24) is 25.5 Å². The van der Waals surface area contributed by atoms with E-state index in [1.807, 2.05) is 36.7 Å². The maximum Gasteiger partial charge on any atom is 0.314 e. The number of hydrogen-bond donors (Lipinski definition) is 3. The molecule has 41 heavy (non-hydrogen) atoms. The monoisotopic (exact) mass is 567 g/mol. The predicted octanol–water partition coefficient (Wildman–Crippen LogP) is 5.89. The molecule has 0 spiro atoms. The van der Waals surface area contributed by atoms with Crippen molar-refractivity contribution in [1.29, 1.82) is 0 Å². The first-order valence-corrected chi connectivity index (χ1v) is 15.2. The summed E-state index contributed by atoms with van der Waals surface area (Å²) in [5, 5.41) is 14.2. The van der Waals surface area contributed by atoms with Gasteiger partial charge in [0.1, 0.15) is 5.78 Å². The molecule has 2 aromatic rings. The second-order valence-corrected chi connectivity index (χ2v) is 10.8. The minimum absolute atomic E-state index is 0.0423. The molecule has 0 fully saturated rings. The minimum atomic E-state index is -0.860. The Kier molecular flexibility index (Phi) is 17.7. The number of nitrogens with one attached hydrogen (secondary N) is 2. The normalized spacial score (nSPS) is 11.8. The molecule has 2 aromatic heterocycles. The van der Waals surface area contributed by atoms with Crippen LogP contribution in [0.15, 0.2) is 48.8 Å². The average molecular weight is 568 g/mol. The van der Waals surface area contributed by atoms with Crippen molar-refractivity contribution in [2.45, 2.75) is 110 Å². The van der Waals surface area contributed by atoms with Gasteiger partial charge in [-0.1, -0.05) is 44.2 Å². The summed E-state index contributed by atoms with van der Waals surface area (Å²) >= 11 is 0. The zero-order valence-electron chi connectivity index (χ0n) is 24.7. The molecule has 9 nitrogen and oxygen atoms in total. The minimum Gasteiger partial charge on any atom is -0.481 e. The summed E-state index contributed by atoms with van der Waals surface area (Å²) in [6.07, 6.45) is 14.7.